The molecule has 0 aliphatic rings. The van der Waals surface area contributed by atoms with Crippen molar-refractivity contribution < 1.29 is 13.2 Å². The molecule has 8 heteroatoms. The first kappa shape index (κ1) is 14.9. The van der Waals surface area contributed by atoms with Gasteiger partial charge in [0.25, 0.3) is 0 Å². The van der Waals surface area contributed by atoms with Gasteiger partial charge < -0.3 is 5.32 Å². The SMILES string of the molecule is CCC(C)NC(=O)Cc1csc(NS(C)(=O)=O)n1. The Morgan fingerprint density at radius 1 is 1.56 bits per heavy atom. The highest BCUT2D eigenvalue weighted by Crippen LogP contribution is 2.16. The van der Waals surface area contributed by atoms with E-state index in [2.05, 4.69) is 15.0 Å². The number of anilines is 1. The van der Waals surface area contributed by atoms with Gasteiger partial charge in [-0.1, -0.05) is 6.92 Å². The molecule has 0 fully saturated rings. The van der Waals surface area contributed by atoms with E-state index in [1.807, 2.05) is 13.8 Å². The van der Waals surface area contributed by atoms with Crippen molar-refractivity contribution in [3.05, 3.63) is 11.1 Å². The van der Waals surface area contributed by atoms with E-state index in [1.165, 1.54) is 0 Å². The van der Waals surface area contributed by atoms with Crippen molar-refractivity contribution in [3.63, 3.8) is 0 Å². The number of nitrogens with one attached hydrogen (secondary N) is 2. The second-order valence-electron chi connectivity index (χ2n) is 4.07. The van der Waals surface area contributed by atoms with E-state index in [1.54, 1.807) is 5.38 Å². The summed E-state index contributed by atoms with van der Waals surface area (Å²) in [5.41, 5.74) is 0.562. The number of hydrogen-bond acceptors (Lipinski definition) is 5. The normalized spacial score (nSPS) is 13.1. The van der Waals surface area contributed by atoms with Crippen LogP contribution in [-0.4, -0.2) is 31.6 Å². The van der Waals surface area contributed by atoms with E-state index in [9.17, 15) is 13.2 Å². The van der Waals surface area contributed by atoms with Crippen LogP contribution < -0.4 is 10.0 Å². The lowest BCUT2D eigenvalue weighted by Crippen LogP contribution is -2.33. The molecule has 0 saturated heterocycles. The van der Waals surface area contributed by atoms with Gasteiger partial charge in [0.1, 0.15) is 0 Å². The number of amides is 1. The number of carbonyl (C=O) groups excluding carboxylic acids is 1. The van der Waals surface area contributed by atoms with Crippen LogP contribution >= 0.6 is 11.3 Å². The van der Waals surface area contributed by atoms with Gasteiger partial charge in [-0.15, -0.1) is 11.3 Å². The van der Waals surface area contributed by atoms with Gasteiger partial charge in [-0.2, -0.15) is 0 Å². The van der Waals surface area contributed by atoms with Crippen molar-refractivity contribution >= 4 is 32.4 Å². The fourth-order valence-electron chi connectivity index (χ4n) is 1.19. The lowest BCUT2D eigenvalue weighted by atomic mass is 10.2. The van der Waals surface area contributed by atoms with Gasteiger partial charge in [0.15, 0.2) is 5.13 Å². The van der Waals surface area contributed by atoms with Gasteiger partial charge in [0.2, 0.25) is 15.9 Å². The van der Waals surface area contributed by atoms with Gasteiger partial charge in [-0.05, 0) is 13.3 Å². The Labute approximate surface area is 111 Å². The number of nitrogens with zero attached hydrogens (tertiary/aromatic N) is 1. The van der Waals surface area contributed by atoms with Gasteiger partial charge in [0.05, 0.1) is 18.4 Å². The van der Waals surface area contributed by atoms with Crippen LogP contribution in [0.1, 0.15) is 26.0 Å². The second kappa shape index (κ2) is 6.14. The van der Waals surface area contributed by atoms with Crippen LogP contribution in [-0.2, 0) is 21.2 Å². The first-order chi connectivity index (χ1) is 8.30. The summed E-state index contributed by atoms with van der Waals surface area (Å²) in [7, 11) is -3.32. The maximum Gasteiger partial charge on any atom is 0.231 e. The quantitative estimate of drug-likeness (QED) is 0.817. The summed E-state index contributed by atoms with van der Waals surface area (Å²) in [5.74, 6) is -0.111. The van der Waals surface area contributed by atoms with Crippen LogP contribution in [0.25, 0.3) is 0 Å². The molecule has 0 spiro atoms. The summed E-state index contributed by atoms with van der Waals surface area (Å²) in [5, 5.41) is 4.77. The third-order valence-electron chi connectivity index (χ3n) is 2.19. The molecule has 2 N–H and O–H groups in total. The molecule has 0 aromatic carbocycles. The molecule has 0 aliphatic heterocycles. The lowest BCUT2D eigenvalue weighted by molar-refractivity contribution is -0.121. The Balaban J connectivity index is 2.56. The van der Waals surface area contributed by atoms with E-state index >= 15 is 0 Å². The zero-order valence-electron chi connectivity index (χ0n) is 10.6. The topological polar surface area (TPSA) is 88.2 Å². The highest BCUT2D eigenvalue weighted by atomic mass is 32.2. The number of thiazole rings is 1. The van der Waals surface area contributed by atoms with Crippen molar-refractivity contribution in [3.8, 4) is 0 Å². The molecule has 18 heavy (non-hydrogen) atoms. The zero-order valence-corrected chi connectivity index (χ0v) is 12.2. The van der Waals surface area contributed by atoms with E-state index in [0.29, 0.717) is 5.69 Å². The Hall–Kier alpha value is -1.15. The summed E-state index contributed by atoms with van der Waals surface area (Å²) >= 11 is 1.16. The number of aromatic nitrogens is 1. The standard InChI is InChI=1S/C10H17N3O3S2/c1-4-7(2)11-9(14)5-8-6-17-10(12-8)13-18(3,15)16/h6-7H,4-5H2,1-3H3,(H,11,14)(H,12,13). The molecule has 6 nitrogen and oxygen atoms in total. The predicted octanol–water partition coefficient (Wildman–Crippen LogP) is 0.972. The Morgan fingerprint density at radius 3 is 2.78 bits per heavy atom. The van der Waals surface area contributed by atoms with Crippen LogP contribution in [0.15, 0.2) is 5.38 Å². The molecule has 1 heterocycles. The third-order valence-corrected chi connectivity index (χ3v) is 3.69. The summed E-state index contributed by atoms with van der Waals surface area (Å²) in [4.78, 5) is 15.6. The van der Waals surface area contributed by atoms with Crippen LogP contribution in [0, 0.1) is 0 Å². The minimum absolute atomic E-state index is 0.111. The van der Waals surface area contributed by atoms with Crippen molar-refractivity contribution in [1.82, 2.24) is 10.3 Å². The molecule has 0 radical (unpaired) electrons. The molecular formula is C10H17N3O3S2. The molecule has 1 unspecified atom stereocenters. The van der Waals surface area contributed by atoms with Crippen molar-refractivity contribution in [2.45, 2.75) is 32.7 Å². The van der Waals surface area contributed by atoms with Crippen LogP contribution in [0.2, 0.25) is 0 Å². The molecule has 1 aromatic heterocycles. The van der Waals surface area contributed by atoms with Gasteiger partial charge in [-0.25, -0.2) is 13.4 Å². The van der Waals surface area contributed by atoms with Gasteiger partial charge in [-0.3, -0.25) is 9.52 Å². The maximum atomic E-state index is 11.6. The van der Waals surface area contributed by atoms with Gasteiger partial charge in [0, 0.05) is 11.4 Å². The van der Waals surface area contributed by atoms with Crippen LogP contribution in [0.4, 0.5) is 5.13 Å². The van der Waals surface area contributed by atoms with E-state index < -0.39 is 10.0 Å². The Bertz CT molecular complexity index is 510. The predicted molar refractivity (Wildman–Crippen MR) is 72.2 cm³/mol. The van der Waals surface area contributed by atoms with E-state index in [4.69, 9.17) is 0 Å². The van der Waals surface area contributed by atoms with Crippen LogP contribution in [0.3, 0.4) is 0 Å². The molecule has 0 bridgehead atoms. The molecule has 0 aliphatic carbocycles. The third kappa shape index (κ3) is 5.46. The smallest absolute Gasteiger partial charge is 0.231 e. The number of carbonyl (C=O) groups is 1. The number of sulfonamides is 1. The molecule has 1 rings (SSSR count). The maximum absolute atomic E-state index is 11.6. The average Bonchev–Trinajstić information content (AvgIpc) is 2.62. The minimum atomic E-state index is -3.32. The number of rotatable bonds is 6. The van der Waals surface area contributed by atoms with E-state index in [-0.39, 0.29) is 23.5 Å². The zero-order chi connectivity index (χ0) is 13.8. The summed E-state index contributed by atoms with van der Waals surface area (Å²) in [6, 6.07) is 0.129. The first-order valence-corrected chi connectivity index (χ1v) is 8.29. The molecule has 1 amide bonds. The van der Waals surface area contributed by atoms with Crippen molar-refractivity contribution in [1.29, 1.82) is 0 Å². The van der Waals surface area contributed by atoms with E-state index in [0.717, 1.165) is 24.0 Å². The fourth-order valence-corrected chi connectivity index (χ4v) is 2.75. The number of hydrogen-bond donors (Lipinski definition) is 2. The second-order valence-corrected chi connectivity index (χ2v) is 6.68. The Kier molecular flexibility index (Phi) is 5.09. The molecule has 1 atom stereocenters. The van der Waals surface area contributed by atoms with Crippen molar-refractivity contribution in [2.24, 2.45) is 0 Å². The summed E-state index contributed by atoms with van der Waals surface area (Å²) in [6.45, 7) is 3.91. The largest absolute Gasteiger partial charge is 0.353 e. The highest BCUT2D eigenvalue weighted by Gasteiger charge is 2.11. The fraction of sp³-hybridized carbons (Fsp3) is 0.600. The Morgan fingerprint density at radius 2 is 2.22 bits per heavy atom. The molecule has 1 aromatic rings. The van der Waals surface area contributed by atoms with Crippen molar-refractivity contribution in [2.75, 3.05) is 11.0 Å². The minimum Gasteiger partial charge on any atom is -0.353 e. The molecular weight excluding hydrogens is 274 g/mol. The lowest BCUT2D eigenvalue weighted by Gasteiger charge is -2.10. The first-order valence-electron chi connectivity index (χ1n) is 5.51. The van der Waals surface area contributed by atoms with Gasteiger partial charge >= 0.3 is 0 Å². The average molecular weight is 291 g/mol. The monoisotopic (exact) mass is 291 g/mol. The molecule has 0 saturated carbocycles. The summed E-state index contributed by atoms with van der Waals surface area (Å²) < 4.78 is 24.3. The van der Waals surface area contributed by atoms with Crippen LogP contribution in [0.5, 0.6) is 0 Å². The summed E-state index contributed by atoms with van der Waals surface area (Å²) in [6.07, 6.45) is 2.08. The molecule has 102 valence electrons. The highest BCUT2D eigenvalue weighted by molar-refractivity contribution is 7.92.